The highest BCUT2D eigenvalue weighted by Gasteiger charge is 2.17. The molecule has 2 rings (SSSR count). The van der Waals surface area contributed by atoms with Crippen molar-refractivity contribution in [3.8, 4) is 0 Å². The molecule has 0 unspecified atom stereocenters. The zero-order chi connectivity index (χ0) is 11.5. The Bertz CT molecular complexity index is 405. The summed E-state index contributed by atoms with van der Waals surface area (Å²) in [6.07, 6.45) is 0.987. The zero-order valence-electron chi connectivity index (χ0n) is 8.59. The van der Waals surface area contributed by atoms with Crippen LogP contribution in [0.15, 0.2) is 22.7 Å². The first-order valence-electron chi connectivity index (χ1n) is 5.13. The van der Waals surface area contributed by atoms with Crippen LogP contribution in [0, 0.1) is 0 Å². The number of carbonyl (C=O) groups is 1. The van der Waals surface area contributed by atoms with Crippen molar-refractivity contribution in [3.63, 3.8) is 0 Å². The Morgan fingerprint density at radius 2 is 2.38 bits per heavy atom. The van der Waals surface area contributed by atoms with Crippen molar-refractivity contribution in [1.82, 2.24) is 10.6 Å². The number of carbonyl (C=O) groups excluding carboxylic acids is 1. The number of rotatable bonds is 2. The Hall–Kier alpha value is -0.580. The summed E-state index contributed by atoms with van der Waals surface area (Å²) < 4.78 is 0.742. The molecule has 0 radical (unpaired) electrons. The van der Waals surface area contributed by atoms with Crippen LogP contribution in [0.1, 0.15) is 16.8 Å². The second kappa shape index (κ2) is 5.17. The molecule has 1 saturated heterocycles. The quantitative estimate of drug-likeness (QED) is 0.879. The van der Waals surface area contributed by atoms with Gasteiger partial charge in [-0.15, -0.1) is 0 Å². The van der Waals surface area contributed by atoms with Crippen LogP contribution in [0.2, 0.25) is 5.02 Å². The van der Waals surface area contributed by atoms with Crippen molar-refractivity contribution in [2.24, 2.45) is 0 Å². The molecule has 1 fully saturated rings. The number of hydrogen-bond donors (Lipinski definition) is 2. The number of halogens is 2. The lowest BCUT2D eigenvalue weighted by Crippen LogP contribution is -2.36. The first kappa shape index (κ1) is 11.9. The molecule has 2 N–H and O–H groups in total. The van der Waals surface area contributed by atoms with E-state index in [0.717, 1.165) is 24.0 Å². The Morgan fingerprint density at radius 3 is 3.00 bits per heavy atom. The van der Waals surface area contributed by atoms with Gasteiger partial charge in [-0.25, -0.2) is 0 Å². The van der Waals surface area contributed by atoms with Gasteiger partial charge < -0.3 is 10.6 Å². The van der Waals surface area contributed by atoms with E-state index >= 15 is 0 Å². The van der Waals surface area contributed by atoms with E-state index in [-0.39, 0.29) is 11.9 Å². The fourth-order valence-corrected chi connectivity index (χ4v) is 2.18. The van der Waals surface area contributed by atoms with Gasteiger partial charge in [0.25, 0.3) is 5.91 Å². The third kappa shape index (κ3) is 2.75. The van der Waals surface area contributed by atoms with Gasteiger partial charge in [-0.2, -0.15) is 0 Å². The predicted molar refractivity (Wildman–Crippen MR) is 67.9 cm³/mol. The molecule has 0 spiro atoms. The number of benzene rings is 1. The molecule has 3 nitrogen and oxygen atoms in total. The van der Waals surface area contributed by atoms with E-state index in [9.17, 15) is 4.79 Å². The van der Waals surface area contributed by atoms with Crippen molar-refractivity contribution in [3.05, 3.63) is 33.3 Å². The van der Waals surface area contributed by atoms with Gasteiger partial charge in [-0.1, -0.05) is 11.6 Å². The second-order valence-electron chi connectivity index (χ2n) is 3.79. The van der Waals surface area contributed by atoms with Crippen LogP contribution in [0.25, 0.3) is 0 Å². The van der Waals surface area contributed by atoms with Gasteiger partial charge in [0, 0.05) is 22.6 Å². The van der Waals surface area contributed by atoms with E-state index in [4.69, 9.17) is 11.6 Å². The van der Waals surface area contributed by atoms with E-state index < -0.39 is 0 Å². The largest absolute Gasteiger partial charge is 0.348 e. The minimum absolute atomic E-state index is 0.0499. The lowest BCUT2D eigenvalue weighted by Gasteiger charge is -2.11. The van der Waals surface area contributed by atoms with Crippen LogP contribution in [-0.2, 0) is 0 Å². The van der Waals surface area contributed by atoms with Crippen molar-refractivity contribution in [2.75, 3.05) is 13.1 Å². The molecular formula is C11H12BrClN2O. The van der Waals surface area contributed by atoms with E-state index in [0.29, 0.717) is 10.6 Å². The Labute approximate surface area is 108 Å². The smallest absolute Gasteiger partial charge is 0.251 e. The average Bonchev–Trinajstić information content (AvgIpc) is 2.74. The monoisotopic (exact) mass is 302 g/mol. The van der Waals surface area contributed by atoms with E-state index in [1.165, 1.54) is 0 Å². The molecule has 0 aromatic heterocycles. The first-order chi connectivity index (χ1) is 7.66. The minimum atomic E-state index is -0.0499. The summed E-state index contributed by atoms with van der Waals surface area (Å²) >= 11 is 9.17. The molecule has 16 heavy (non-hydrogen) atoms. The molecule has 1 amide bonds. The summed E-state index contributed by atoms with van der Waals surface area (Å²) in [7, 11) is 0. The Balaban J connectivity index is 2.05. The van der Waals surface area contributed by atoms with Crippen LogP contribution in [0.3, 0.4) is 0 Å². The number of amides is 1. The topological polar surface area (TPSA) is 41.1 Å². The molecule has 0 saturated carbocycles. The molecule has 1 heterocycles. The summed E-state index contributed by atoms with van der Waals surface area (Å²) in [6, 6.07) is 5.42. The number of hydrogen-bond acceptors (Lipinski definition) is 2. The van der Waals surface area contributed by atoms with E-state index in [2.05, 4.69) is 26.6 Å². The van der Waals surface area contributed by atoms with Gasteiger partial charge in [0.1, 0.15) is 0 Å². The molecular weight excluding hydrogens is 291 g/mol. The standard InChI is InChI=1S/C11H12BrClN2O/c12-9-5-7(1-2-10(9)13)11(16)15-8-3-4-14-6-8/h1-2,5,8,14H,3-4,6H2,(H,15,16)/t8-/m1/s1. The minimum Gasteiger partial charge on any atom is -0.348 e. The molecule has 1 aromatic carbocycles. The van der Waals surface area contributed by atoms with Crippen molar-refractivity contribution in [2.45, 2.75) is 12.5 Å². The van der Waals surface area contributed by atoms with Crippen molar-refractivity contribution in [1.29, 1.82) is 0 Å². The highest BCUT2D eigenvalue weighted by Crippen LogP contribution is 2.23. The molecule has 5 heteroatoms. The van der Waals surface area contributed by atoms with Crippen LogP contribution in [0.4, 0.5) is 0 Å². The Morgan fingerprint density at radius 1 is 1.56 bits per heavy atom. The maximum absolute atomic E-state index is 11.9. The molecule has 1 aliphatic rings. The van der Waals surface area contributed by atoms with Crippen molar-refractivity contribution < 1.29 is 4.79 Å². The third-order valence-electron chi connectivity index (χ3n) is 2.58. The van der Waals surface area contributed by atoms with Crippen LogP contribution in [-0.4, -0.2) is 25.0 Å². The lowest BCUT2D eigenvalue weighted by molar-refractivity contribution is 0.0940. The highest BCUT2D eigenvalue weighted by molar-refractivity contribution is 9.10. The van der Waals surface area contributed by atoms with Crippen molar-refractivity contribution >= 4 is 33.4 Å². The summed E-state index contributed by atoms with van der Waals surface area (Å²) in [4.78, 5) is 11.9. The van der Waals surface area contributed by atoms with Gasteiger partial charge >= 0.3 is 0 Å². The first-order valence-corrected chi connectivity index (χ1v) is 6.30. The summed E-state index contributed by atoms with van der Waals surface area (Å²) in [5.41, 5.74) is 0.628. The van der Waals surface area contributed by atoms with Crippen LogP contribution < -0.4 is 10.6 Å². The molecule has 86 valence electrons. The maximum Gasteiger partial charge on any atom is 0.251 e. The van der Waals surface area contributed by atoms with E-state index in [1.54, 1.807) is 18.2 Å². The Kier molecular flexibility index (Phi) is 3.84. The van der Waals surface area contributed by atoms with Gasteiger partial charge in [-0.3, -0.25) is 4.79 Å². The predicted octanol–water partition coefficient (Wildman–Crippen LogP) is 2.19. The average molecular weight is 304 g/mol. The highest BCUT2D eigenvalue weighted by atomic mass is 79.9. The molecule has 1 aromatic rings. The molecule has 1 aliphatic heterocycles. The van der Waals surface area contributed by atoms with Crippen LogP contribution in [0.5, 0.6) is 0 Å². The summed E-state index contributed by atoms with van der Waals surface area (Å²) in [5, 5.41) is 6.79. The lowest BCUT2D eigenvalue weighted by atomic mass is 10.2. The second-order valence-corrected chi connectivity index (χ2v) is 5.05. The zero-order valence-corrected chi connectivity index (χ0v) is 10.9. The molecule has 0 bridgehead atoms. The van der Waals surface area contributed by atoms with Gasteiger partial charge in [-0.05, 0) is 47.1 Å². The normalized spacial score (nSPS) is 19.8. The third-order valence-corrected chi connectivity index (χ3v) is 3.79. The summed E-state index contributed by atoms with van der Waals surface area (Å²) in [6.45, 7) is 1.82. The fourth-order valence-electron chi connectivity index (χ4n) is 1.68. The molecule has 1 atom stereocenters. The fraction of sp³-hybridized carbons (Fsp3) is 0.364. The van der Waals surface area contributed by atoms with E-state index in [1.807, 2.05) is 0 Å². The SMILES string of the molecule is O=C(N[C@@H]1CCNC1)c1ccc(Cl)c(Br)c1. The van der Waals surface area contributed by atoms with Gasteiger partial charge in [0.05, 0.1) is 5.02 Å². The molecule has 0 aliphatic carbocycles. The van der Waals surface area contributed by atoms with Gasteiger partial charge in [0.2, 0.25) is 0 Å². The van der Waals surface area contributed by atoms with Crippen LogP contribution >= 0.6 is 27.5 Å². The number of nitrogens with one attached hydrogen (secondary N) is 2. The van der Waals surface area contributed by atoms with Gasteiger partial charge in [0.15, 0.2) is 0 Å². The summed E-state index contributed by atoms with van der Waals surface area (Å²) in [5.74, 6) is -0.0499. The maximum atomic E-state index is 11.9.